The van der Waals surface area contributed by atoms with Gasteiger partial charge in [0.1, 0.15) is 11.6 Å². The van der Waals surface area contributed by atoms with Crippen LogP contribution in [0.4, 0.5) is 9.93 Å². The number of fused-ring (bicyclic) bond motifs is 1. The number of piperidine rings is 1. The third-order valence-electron chi connectivity index (χ3n) is 5.03. The van der Waals surface area contributed by atoms with E-state index in [4.69, 9.17) is 0 Å². The van der Waals surface area contributed by atoms with Crippen LogP contribution in [0.3, 0.4) is 0 Å². The molecule has 0 bridgehead atoms. The number of hydrogen-bond donors (Lipinski definition) is 1. The molecule has 1 fully saturated rings. The number of aromatic nitrogens is 4. The van der Waals surface area contributed by atoms with E-state index in [2.05, 4.69) is 25.1 Å². The molecule has 4 rings (SSSR count). The predicted molar refractivity (Wildman–Crippen MR) is 92.5 cm³/mol. The predicted octanol–water partition coefficient (Wildman–Crippen LogP) is 2.71. The second kappa shape index (κ2) is 6.16. The fraction of sp³-hybridized carbons (Fsp3) is 0.625. The lowest BCUT2D eigenvalue weighted by Crippen LogP contribution is -2.40. The van der Waals surface area contributed by atoms with E-state index in [0.29, 0.717) is 11.0 Å². The third-order valence-corrected chi connectivity index (χ3v) is 6.02. The summed E-state index contributed by atoms with van der Waals surface area (Å²) in [6, 6.07) is -0.0475. The largest absolute Gasteiger partial charge is 0.324 e. The summed E-state index contributed by atoms with van der Waals surface area (Å²) >= 11 is 1.53. The molecule has 0 aromatic carbocycles. The van der Waals surface area contributed by atoms with E-state index in [1.807, 2.05) is 18.7 Å². The highest BCUT2D eigenvalue weighted by Crippen LogP contribution is 2.30. The molecule has 1 N–H and O–H groups in total. The van der Waals surface area contributed by atoms with Gasteiger partial charge >= 0.3 is 6.03 Å². The second-order valence-electron chi connectivity index (χ2n) is 6.58. The lowest BCUT2D eigenvalue weighted by atomic mass is 9.96. The molecule has 2 aromatic heterocycles. The summed E-state index contributed by atoms with van der Waals surface area (Å²) in [5.74, 6) is 2.66. The number of urea groups is 1. The standard InChI is InChI=1S/C16H22N6OS/c1-10-11(2)24-15(17-10)18-16(23)21-8-5-12(6-9-21)14-20-19-13-4-3-7-22(13)14/h12H,3-9H2,1-2H3,(H,17,18,23). The SMILES string of the molecule is Cc1nc(NC(=O)N2CCC(c3nnc4n3CCC4)CC2)sc1C. The van der Waals surface area contributed by atoms with E-state index in [1.165, 1.54) is 17.8 Å². The molecule has 0 aliphatic carbocycles. The zero-order valence-corrected chi connectivity index (χ0v) is 14.9. The van der Waals surface area contributed by atoms with Crippen molar-refractivity contribution < 1.29 is 4.79 Å². The number of likely N-dealkylation sites (tertiary alicyclic amines) is 1. The number of nitrogens with one attached hydrogen (secondary N) is 1. The van der Waals surface area contributed by atoms with Crippen LogP contribution in [0.2, 0.25) is 0 Å². The van der Waals surface area contributed by atoms with Crippen LogP contribution in [0.1, 0.15) is 47.4 Å². The Kier molecular flexibility index (Phi) is 3.99. The van der Waals surface area contributed by atoms with Gasteiger partial charge in [-0.1, -0.05) is 0 Å². The van der Waals surface area contributed by atoms with Crippen LogP contribution in [-0.2, 0) is 13.0 Å². The zero-order valence-electron chi connectivity index (χ0n) is 14.1. The summed E-state index contributed by atoms with van der Waals surface area (Å²) in [7, 11) is 0. The van der Waals surface area contributed by atoms with Gasteiger partial charge in [0, 0.05) is 36.9 Å². The van der Waals surface area contributed by atoms with Crippen molar-refractivity contribution in [3.63, 3.8) is 0 Å². The van der Waals surface area contributed by atoms with Gasteiger partial charge in [-0.2, -0.15) is 0 Å². The van der Waals surface area contributed by atoms with E-state index in [0.717, 1.165) is 61.1 Å². The Bertz CT molecular complexity index is 739. The quantitative estimate of drug-likeness (QED) is 0.907. The number of amides is 2. The average molecular weight is 346 g/mol. The Morgan fingerprint density at radius 1 is 1.21 bits per heavy atom. The van der Waals surface area contributed by atoms with Crippen molar-refractivity contribution in [2.24, 2.45) is 0 Å². The smallest absolute Gasteiger partial charge is 0.323 e. The first-order valence-corrected chi connectivity index (χ1v) is 9.35. The summed E-state index contributed by atoms with van der Waals surface area (Å²) in [5, 5.41) is 12.3. The maximum absolute atomic E-state index is 12.4. The van der Waals surface area contributed by atoms with Crippen molar-refractivity contribution in [1.29, 1.82) is 0 Å². The Morgan fingerprint density at radius 2 is 2.00 bits per heavy atom. The van der Waals surface area contributed by atoms with Crippen LogP contribution in [-0.4, -0.2) is 43.8 Å². The van der Waals surface area contributed by atoms with Gasteiger partial charge in [0.2, 0.25) is 0 Å². The molecule has 0 spiro atoms. The zero-order chi connectivity index (χ0) is 16.7. The average Bonchev–Trinajstić information content (AvgIpc) is 3.24. The molecular weight excluding hydrogens is 324 g/mol. The van der Waals surface area contributed by atoms with Crippen molar-refractivity contribution in [3.8, 4) is 0 Å². The first kappa shape index (κ1) is 15.6. The lowest BCUT2D eigenvalue weighted by Gasteiger charge is -2.31. The van der Waals surface area contributed by atoms with Crippen LogP contribution in [0.5, 0.6) is 0 Å². The molecule has 0 atom stereocenters. The molecule has 7 nitrogen and oxygen atoms in total. The summed E-state index contributed by atoms with van der Waals surface area (Å²) in [6.45, 7) is 6.53. The van der Waals surface area contributed by atoms with Crippen molar-refractivity contribution in [2.45, 2.75) is 52.0 Å². The minimum absolute atomic E-state index is 0.0475. The number of nitrogens with zero attached hydrogens (tertiary/aromatic N) is 5. The number of rotatable bonds is 2. The van der Waals surface area contributed by atoms with Crippen LogP contribution in [0.25, 0.3) is 0 Å². The van der Waals surface area contributed by atoms with Crippen LogP contribution >= 0.6 is 11.3 Å². The van der Waals surface area contributed by atoms with Gasteiger partial charge in [-0.3, -0.25) is 5.32 Å². The molecule has 2 aliphatic rings. The van der Waals surface area contributed by atoms with Crippen molar-refractivity contribution in [3.05, 3.63) is 22.2 Å². The maximum atomic E-state index is 12.4. The monoisotopic (exact) mass is 346 g/mol. The highest BCUT2D eigenvalue weighted by atomic mass is 32.1. The molecule has 24 heavy (non-hydrogen) atoms. The number of carbonyl (C=O) groups excluding carboxylic acids is 1. The van der Waals surface area contributed by atoms with Gasteiger partial charge in [0.25, 0.3) is 0 Å². The van der Waals surface area contributed by atoms with E-state index in [9.17, 15) is 4.79 Å². The molecule has 2 aliphatic heterocycles. The molecule has 8 heteroatoms. The van der Waals surface area contributed by atoms with E-state index in [-0.39, 0.29) is 6.03 Å². The lowest BCUT2D eigenvalue weighted by molar-refractivity contribution is 0.193. The number of carbonyl (C=O) groups is 1. The highest BCUT2D eigenvalue weighted by Gasteiger charge is 2.29. The number of thiazole rings is 1. The fourth-order valence-corrected chi connectivity index (χ4v) is 4.32. The number of hydrogen-bond acceptors (Lipinski definition) is 5. The van der Waals surface area contributed by atoms with E-state index >= 15 is 0 Å². The van der Waals surface area contributed by atoms with Crippen molar-refractivity contribution >= 4 is 22.5 Å². The van der Waals surface area contributed by atoms with Gasteiger partial charge in [0.05, 0.1) is 5.69 Å². The fourth-order valence-electron chi connectivity index (χ4n) is 3.51. The van der Waals surface area contributed by atoms with Crippen LogP contribution in [0.15, 0.2) is 0 Å². The normalized spacial score (nSPS) is 18.0. The first-order chi connectivity index (χ1) is 11.6. The molecular formula is C16H22N6OS. The molecule has 4 heterocycles. The number of anilines is 1. The van der Waals surface area contributed by atoms with Gasteiger partial charge < -0.3 is 9.47 Å². The summed E-state index contributed by atoms with van der Waals surface area (Å²) < 4.78 is 2.28. The maximum Gasteiger partial charge on any atom is 0.323 e. The molecule has 0 radical (unpaired) electrons. The molecule has 0 saturated carbocycles. The van der Waals surface area contributed by atoms with Gasteiger partial charge in [-0.25, -0.2) is 9.78 Å². The van der Waals surface area contributed by atoms with E-state index < -0.39 is 0 Å². The number of aryl methyl sites for hydroxylation is 3. The van der Waals surface area contributed by atoms with Crippen LogP contribution < -0.4 is 5.32 Å². The summed E-state index contributed by atoms with van der Waals surface area (Å²) in [4.78, 5) is 19.8. The summed E-state index contributed by atoms with van der Waals surface area (Å²) in [5.41, 5.74) is 0.981. The Morgan fingerprint density at radius 3 is 2.71 bits per heavy atom. The van der Waals surface area contributed by atoms with Gasteiger partial charge in [-0.05, 0) is 33.1 Å². The Labute approximate surface area is 145 Å². The summed E-state index contributed by atoms with van der Waals surface area (Å²) in [6.07, 6.45) is 4.11. The molecule has 0 unspecified atom stereocenters. The van der Waals surface area contributed by atoms with E-state index in [1.54, 1.807) is 0 Å². The first-order valence-electron chi connectivity index (χ1n) is 8.54. The Balaban J connectivity index is 1.36. The molecule has 1 saturated heterocycles. The molecule has 2 amide bonds. The topological polar surface area (TPSA) is 75.9 Å². The van der Waals surface area contributed by atoms with Gasteiger partial charge in [-0.15, -0.1) is 21.5 Å². The van der Waals surface area contributed by atoms with Crippen molar-refractivity contribution in [2.75, 3.05) is 18.4 Å². The Hall–Kier alpha value is -1.96. The minimum Gasteiger partial charge on any atom is -0.324 e. The second-order valence-corrected chi connectivity index (χ2v) is 7.78. The third kappa shape index (κ3) is 2.79. The van der Waals surface area contributed by atoms with Crippen molar-refractivity contribution in [1.82, 2.24) is 24.6 Å². The highest BCUT2D eigenvalue weighted by molar-refractivity contribution is 7.15. The molecule has 2 aromatic rings. The van der Waals surface area contributed by atoms with Gasteiger partial charge in [0.15, 0.2) is 5.13 Å². The van der Waals surface area contributed by atoms with Crippen LogP contribution in [0, 0.1) is 13.8 Å². The molecule has 128 valence electrons. The minimum atomic E-state index is -0.0475.